The lowest BCUT2D eigenvalue weighted by Gasteiger charge is -2.31. The molecule has 0 saturated carbocycles. The number of aromatic nitrogens is 2. The molecule has 0 amide bonds. The number of carbonyl (C=O) groups excluding carboxylic acids is 1. The fourth-order valence-electron chi connectivity index (χ4n) is 6.96. The van der Waals surface area contributed by atoms with E-state index in [0.717, 1.165) is 51.6 Å². The Morgan fingerprint density at radius 3 is 2.15 bits per heavy atom. The topological polar surface area (TPSA) is 36.2 Å². The molecule has 2 atom stereocenters. The molecule has 0 fully saturated rings. The summed E-state index contributed by atoms with van der Waals surface area (Å²) in [6.07, 6.45) is 4.82. The van der Waals surface area contributed by atoms with Crippen molar-refractivity contribution in [1.82, 2.24) is 9.13 Å². The van der Waals surface area contributed by atoms with Crippen LogP contribution in [0.3, 0.4) is 0 Å². The van der Waals surface area contributed by atoms with E-state index in [-0.39, 0.29) is 5.97 Å². The number of rotatable bonds is 8. The van der Waals surface area contributed by atoms with E-state index >= 15 is 0 Å². The molecule has 4 heteroatoms. The molecular weight excluding hydrogens is 480 g/mol. The Kier molecular flexibility index (Phi) is 6.37. The van der Waals surface area contributed by atoms with E-state index in [1.807, 2.05) is 18.2 Å². The predicted molar refractivity (Wildman–Crippen MR) is 159 cm³/mol. The average Bonchev–Trinajstić information content (AvgIpc) is 3.51. The second-order valence-electron chi connectivity index (χ2n) is 11.2. The molecular formula is C35H38N2O2. The predicted octanol–water partition coefficient (Wildman–Crippen LogP) is 8.43. The number of aryl methyl sites for hydroxylation is 1. The SMILES string of the molecule is CCCCC(CC)Cn1c(C)c(C2(c3c(C)n(C)c4ccccc34)OC(=O)c3ccccc32)c2ccccc21. The van der Waals surface area contributed by atoms with Crippen molar-refractivity contribution in [1.29, 1.82) is 0 Å². The number of cyclic esters (lactones) is 1. The van der Waals surface area contributed by atoms with Gasteiger partial charge in [-0.3, -0.25) is 0 Å². The molecule has 2 aromatic heterocycles. The zero-order chi connectivity index (χ0) is 27.3. The number of hydrogen-bond donors (Lipinski definition) is 0. The van der Waals surface area contributed by atoms with Gasteiger partial charge in [0.25, 0.3) is 0 Å². The Balaban J connectivity index is 1.72. The van der Waals surface area contributed by atoms with Gasteiger partial charge in [0.2, 0.25) is 0 Å². The summed E-state index contributed by atoms with van der Waals surface area (Å²) in [5.74, 6) is 0.338. The number of carbonyl (C=O) groups is 1. The highest BCUT2D eigenvalue weighted by atomic mass is 16.6. The molecule has 2 unspecified atom stereocenters. The Morgan fingerprint density at radius 1 is 0.821 bits per heavy atom. The molecule has 0 bridgehead atoms. The first-order chi connectivity index (χ1) is 18.9. The van der Waals surface area contributed by atoms with Crippen LogP contribution in [0, 0.1) is 19.8 Å². The first-order valence-corrected chi connectivity index (χ1v) is 14.4. The maximum absolute atomic E-state index is 13.6. The number of ether oxygens (including phenoxy) is 1. The summed E-state index contributed by atoms with van der Waals surface area (Å²) in [5.41, 5.74) is 7.29. The van der Waals surface area contributed by atoms with E-state index in [1.54, 1.807) is 0 Å². The number of hydrogen-bond acceptors (Lipinski definition) is 2. The van der Waals surface area contributed by atoms with Gasteiger partial charge in [0.1, 0.15) is 0 Å². The van der Waals surface area contributed by atoms with Gasteiger partial charge in [-0.25, -0.2) is 4.79 Å². The van der Waals surface area contributed by atoms with Gasteiger partial charge < -0.3 is 13.9 Å². The maximum atomic E-state index is 13.6. The zero-order valence-electron chi connectivity index (χ0n) is 23.8. The zero-order valence-corrected chi connectivity index (χ0v) is 23.8. The van der Waals surface area contributed by atoms with Gasteiger partial charge in [0.15, 0.2) is 5.60 Å². The Labute approximate surface area is 231 Å². The first kappa shape index (κ1) is 25.5. The van der Waals surface area contributed by atoms with E-state index in [4.69, 9.17) is 4.74 Å². The molecule has 1 aliphatic heterocycles. The number of nitrogens with zero attached hydrogens (tertiary/aromatic N) is 2. The van der Waals surface area contributed by atoms with Gasteiger partial charge in [-0.15, -0.1) is 0 Å². The summed E-state index contributed by atoms with van der Waals surface area (Å²) in [6, 6.07) is 25.1. The van der Waals surface area contributed by atoms with E-state index in [9.17, 15) is 4.79 Å². The van der Waals surface area contributed by atoms with Crippen LogP contribution in [0.15, 0.2) is 72.8 Å². The molecule has 0 radical (unpaired) electrons. The Morgan fingerprint density at radius 2 is 1.44 bits per heavy atom. The van der Waals surface area contributed by atoms with Gasteiger partial charge in [0, 0.05) is 63.5 Å². The third kappa shape index (κ3) is 3.68. The molecule has 0 aliphatic carbocycles. The van der Waals surface area contributed by atoms with Crippen molar-refractivity contribution in [2.24, 2.45) is 13.0 Å². The highest BCUT2D eigenvalue weighted by Gasteiger charge is 2.53. The van der Waals surface area contributed by atoms with Gasteiger partial charge >= 0.3 is 5.97 Å². The lowest BCUT2D eigenvalue weighted by Crippen LogP contribution is -2.31. The third-order valence-corrected chi connectivity index (χ3v) is 9.09. The number of unbranched alkanes of at least 4 members (excludes halogenated alkanes) is 1. The molecule has 4 nitrogen and oxygen atoms in total. The van der Waals surface area contributed by atoms with Crippen molar-refractivity contribution in [2.75, 3.05) is 0 Å². The molecule has 1 aliphatic rings. The summed E-state index contributed by atoms with van der Waals surface area (Å²) in [7, 11) is 2.10. The molecule has 0 spiro atoms. The fourth-order valence-corrected chi connectivity index (χ4v) is 6.96. The minimum absolute atomic E-state index is 0.261. The third-order valence-electron chi connectivity index (χ3n) is 9.09. The fraction of sp³-hybridized carbons (Fsp3) is 0.343. The molecule has 6 rings (SSSR count). The first-order valence-electron chi connectivity index (χ1n) is 14.4. The monoisotopic (exact) mass is 518 g/mol. The minimum Gasteiger partial charge on any atom is -0.440 e. The van der Waals surface area contributed by atoms with Crippen LogP contribution in [0.1, 0.15) is 78.0 Å². The van der Waals surface area contributed by atoms with Gasteiger partial charge in [-0.1, -0.05) is 87.7 Å². The largest absolute Gasteiger partial charge is 0.440 e. The van der Waals surface area contributed by atoms with Crippen LogP contribution in [0.5, 0.6) is 0 Å². The molecule has 39 heavy (non-hydrogen) atoms. The van der Waals surface area contributed by atoms with Crippen LogP contribution in [-0.2, 0) is 23.9 Å². The molecule has 3 heterocycles. The van der Waals surface area contributed by atoms with Crippen LogP contribution in [-0.4, -0.2) is 15.1 Å². The van der Waals surface area contributed by atoms with E-state index in [1.165, 1.54) is 30.5 Å². The standard InChI is InChI=1S/C35H38N2O2/c1-6-8-15-25(7-2)22-37-24(4)33(28-18-11-14-21-31(28)37)35(29-19-12-9-16-26(29)34(38)39-35)32-23(3)36(5)30-20-13-10-17-27(30)32/h9-14,16-21,25H,6-8,15,22H2,1-5H3. The lowest BCUT2D eigenvalue weighted by molar-refractivity contribution is 0.0255. The van der Waals surface area contributed by atoms with Crippen LogP contribution >= 0.6 is 0 Å². The number of benzene rings is 3. The Bertz CT molecular complexity index is 1710. The summed E-state index contributed by atoms with van der Waals surface area (Å²) < 4.78 is 11.4. The normalized spacial score (nSPS) is 17.6. The van der Waals surface area contributed by atoms with Crippen molar-refractivity contribution < 1.29 is 9.53 Å². The number of para-hydroxylation sites is 2. The minimum atomic E-state index is -1.04. The number of esters is 1. The molecule has 5 aromatic rings. The van der Waals surface area contributed by atoms with Gasteiger partial charge in [-0.2, -0.15) is 0 Å². The van der Waals surface area contributed by atoms with E-state index < -0.39 is 5.60 Å². The van der Waals surface area contributed by atoms with Crippen LogP contribution in [0.25, 0.3) is 21.8 Å². The quantitative estimate of drug-likeness (QED) is 0.193. The summed E-state index contributed by atoms with van der Waals surface area (Å²) in [6.45, 7) is 9.90. The highest BCUT2D eigenvalue weighted by Crippen LogP contribution is 2.53. The smallest absolute Gasteiger partial charge is 0.340 e. The van der Waals surface area contributed by atoms with Crippen LogP contribution < -0.4 is 0 Å². The van der Waals surface area contributed by atoms with E-state index in [0.29, 0.717) is 11.5 Å². The second-order valence-corrected chi connectivity index (χ2v) is 11.2. The van der Waals surface area contributed by atoms with Crippen molar-refractivity contribution >= 4 is 27.8 Å². The average molecular weight is 519 g/mol. The molecule has 0 saturated heterocycles. The van der Waals surface area contributed by atoms with Crippen molar-refractivity contribution in [3.05, 3.63) is 106 Å². The van der Waals surface area contributed by atoms with E-state index in [2.05, 4.69) is 98.5 Å². The van der Waals surface area contributed by atoms with Crippen molar-refractivity contribution in [3.63, 3.8) is 0 Å². The van der Waals surface area contributed by atoms with Crippen molar-refractivity contribution in [2.45, 2.75) is 65.5 Å². The molecule has 0 N–H and O–H groups in total. The highest BCUT2D eigenvalue weighted by molar-refractivity contribution is 6.01. The van der Waals surface area contributed by atoms with Crippen LogP contribution in [0.4, 0.5) is 0 Å². The summed E-state index contributed by atoms with van der Waals surface area (Å²) >= 11 is 0. The van der Waals surface area contributed by atoms with Gasteiger partial charge in [0.05, 0.1) is 5.56 Å². The van der Waals surface area contributed by atoms with Gasteiger partial charge in [-0.05, 0) is 44.4 Å². The maximum Gasteiger partial charge on any atom is 0.340 e. The molecule has 200 valence electrons. The summed E-state index contributed by atoms with van der Waals surface area (Å²) in [4.78, 5) is 13.6. The molecule has 3 aromatic carbocycles. The van der Waals surface area contributed by atoms with Crippen molar-refractivity contribution in [3.8, 4) is 0 Å². The number of fused-ring (bicyclic) bond motifs is 3. The second kappa shape index (κ2) is 9.75. The Hall–Kier alpha value is -3.79. The summed E-state index contributed by atoms with van der Waals surface area (Å²) in [5, 5.41) is 2.27. The lowest BCUT2D eigenvalue weighted by atomic mass is 9.77. The van der Waals surface area contributed by atoms with Crippen LogP contribution in [0.2, 0.25) is 0 Å².